The van der Waals surface area contributed by atoms with Gasteiger partial charge < -0.3 is 4.74 Å². The molecule has 2 rings (SSSR count). The molecule has 0 spiro atoms. The molecule has 0 aromatic rings. The van der Waals surface area contributed by atoms with Crippen LogP contribution in [0.4, 0.5) is 0 Å². The van der Waals surface area contributed by atoms with Crippen molar-refractivity contribution in [3.63, 3.8) is 0 Å². The quantitative estimate of drug-likeness (QED) is 0.649. The van der Waals surface area contributed by atoms with Crippen molar-refractivity contribution in [2.24, 2.45) is 17.3 Å². The maximum absolute atomic E-state index is 9.40. The fourth-order valence-electron chi connectivity index (χ4n) is 3.58. The van der Waals surface area contributed by atoms with Crippen molar-refractivity contribution in [1.82, 2.24) is 0 Å². The lowest BCUT2D eigenvalue weighted by Crippen LogP contribution is -2.26. The molecule has 0 radical (unpaired) electrons. The summed E-state index contributed by atoms with van der Waals surface area (Å²) in [7, 11) is 0. The van der Waals surface area contributed by atoms with Gasteiger partial charge in [-0.3, -0.25) is 0 Å². The maximum Gasteiger partial charge on any atom is 0.0692 e. The van der Waals surface area contributed by atoms with Crippen LogP contribution < -0.4 is 0 Å². The third-order valence-electron chi connectivity index (χ3n) is 4.31. The standard InChI is InChI=1S/C13H21NO/c1-2-15-7-3-6-13(10-14)9-11-4-5-12(13)8-11/h11-12H,2-9H2,1H3. The highest BCUT2D eigenvalue weighted by molar-refractivity contribution is 5.11. The minimum atomic E-state index is 0.0278. The Balaban J connectivity index is 1.85. The highest BCUT2D eigenvalue weighted by atomic mass is 16.5. The van der Waals surface area contributed by atoms with Crippen molar-refractivity contribution >= 4 is 0 Å². The van der Waals surface area contributed by atoms with Gasteiger partial charge in [0.1, 0.15) is 0 Å². The zero-order valence-electron chi connectivity index (χ0n) is 9.67. The van der Waals surface area contributed by atoms with Gasteiger partial charge in [0, 0.05) is 13.2 Å². The van der Waals surface area contributed by atoms with Crippen LogP contribution >= 0.6 is 0 Å². The van der Waals surface area contributed by atoms with Gasteiger partial charge in [0.15, 0.2) is 0 Å². The summed E-state index contributed by atoms with van der Waals surface area (Å²) in [6.07, 6.45) is 7.28. The van der Waals surface area contributed by atoms with E-state index in [1.54, 1.807) is 0 Å². The third kappa shape index (κ3) is 2.03. The van der Waals surface area contributed by atoms with Crippen LogP contribution in [0.5, 0.6) is 0 Å². The largest absolute Gasteiger partial charge is 0.382 e. The molecule has 0 heterocycles. The van der Waals surface area contributed by atoms with Gasteiger partial charge in [-0.15, -0.1) is 0 Å². The van der Waals surface area contributed by atoms with Crippen LogP contribution in [-0.2, 0) is 4.74 Å². The van der Waals surface area contributed by atoms with Crippen LogP contribution in [0.25, 0.3) is 0 Å². The molecule has 2 saturated carbocycles. The van der Waals surface area contributed by atoms with Crippen molar-refractivity contribution in [2.75, 3.05) is 13.2 Å². The zero-order chi connectivity index (χ0) is 10.7. The molecule has 2 aliphatic carbocycles. The molecule has 0 aromatic heterocycles. The number of rotatable bonds is 5. The van der Waals surface area contributed by atoms with Gasteiger partial charge in [-0.05, 0) is 50.9 Å². The smallest absolute Gasteiger partial charge is 0.0692 e. The van der Waals surface area contributed by atoms with Gasteiger partial charge in [0.05, 0.1) is 11.5 Å². The van der Waals surface area contributed by atoms with Crippen LogP contribution in [0, 0.1) is 28.6 Å². The maximum atomic E-state index is 9.40. The summed E-state index contributed by atoms with van der Waals surface area (Å²) >= 11 is 0. The van der Waals surface area contributed by atoms with E-state index in [4.69, 9.17) is 4.74 Å². The number of fused-ring (bicyclic) bond motifs is 2. The Kier molecular flexibility index (Phi) is 3.31. The molecule has 84 valence electrons. The second kappa shape index (κ2) is 4.53. The fourth-order valence-corrected chi connectivity index (χ4v) is 3.58. The van der Waals surface area contributed by atoms with Crippen LogP contribution in [0.2, 0.25) is 0 Å². The molecule has 2 nitrogen and oxygen atoms in total. The van der Waals surface area contributed by atoms with Crippen molar-refractivity contribution in [3.05, 3.63) is 0 Å². The molecule has 0 N–H and O–H groups in total. The predicted octanol–water partition coefficient (Wildman–Crippen LogP) is 3.13. The lowest BCUT2D eigenvalue weighted by atomic mass is 9.71. The Morgan fingerprint density at radius 3 is 2.87 bits per heavy atom. The first-order chi connectivity index (χ1) is 7.30. The first-order valence-electron chi connectivity index (χ1n) is 6.30. The van der Waals surface area contributed by atoms with E-state index in [9.17, 15) is 5.26 Å². The van der Waals surface area contributed by atoms with Gasteiger partial charge >= 0.3 is 0 Å². The topological polar surface area (TPSA) is 33.0 Å². The monoisotopic (exact) mass is 207 g/mol. The molecule has 2 aliphatic rings. The molecule has 15 heavy (non-hydrogen) atoms. The van der Waals surface area contributed by atoms with E-state index in [-0.39, 0.29) is 5.41 Å². The number of nitrogens with zero attached hydrogens (tertiary/aromatic N) is 1. The summed E-state index contributed by atoms with van der Waals surface area (Å²) in [5.74, 6) is 1.57. The lowest BCUT2D eigenvalue weighted by molar-refractivity contribution is 0.124. The Morgan fingerprint density at radius 1 is 1.47 bits per heavy atom. The van der Waals surface area contributed by atoms with E-state index in [2.05, 4.69) is 6.07 Å². The van der Waals surface area contributed by atoms with Gasteiger partial charge in [0.25, 0.3) is 0 Å². The second-order valence-electron chi connectivity index (χ2n) is 5.15. The first-order valence-corrected chi connectivity index (χ1v) is 6.30. The molecule has 2 heteroatoms. The van der Waals surface area contributed by atoms with Gasteiger partial charge in [-0.25, -0.2) is 0 Å². The summed E-state index contributed by atoms with van der Waals surface area (Å²) in [6.45, 7) is 3.65. The molecular weight excluding hydrogens is 186 g/mol. The van der Waals surface area contributed by atoms with Gasteiger partial charge in [-0.1, -0.05) is 6.42 Å². The van der Waals surface area contributed by atoms with E-state index in [1.807, 2.05) is 6.92 Å². The molecule has 0 saturated heterocycles. The number of hydrogen-bond donors (Lipinski definition) is 0. The molecule has 3 unspecified atom stereocenters. The number of ether oxygens (including phenoxy) is 1. The Bertz CT molecular complexity index is 258. The first kappa shape index (κ1) is 11.0. The van der Waals surface area contributed by atoms with E-state index in [0.29, 0.717) is 5.92 Å². The van der Waals surface area contributed by atoms with Crippen LogP contribution in [-0.4, -0.2) is 13.2 Å². The highest BCUT2D eigenvalue weighted by Crippen LogP contribution is 2.57. The van der Waals surface area contributed by atoms with Crippen LogP contribution in [0.1, 0.15) is 45.4 Å². The summed E-state index contributed by atoms with van der Waals surface area (Å²) in [4.78, 5) is 0. The Hall–Kier alpha value is -0.550. The molecule has 2 fully saturated rings. The van der Waals surface area contributed by atoms with Crippen molar-refractivity contribution < 1.29 is 4.74 Å². The predicted molar refractivity (Wildman–Crippen MR) is 59.2 cm³/mol. The molecule has 2 bridgehead atoms. The summed E-state index contributed by atoms with van der Waals surface area (Å²) in [5, 5.41) is 9.40. The second-order valence-corrected chi connectivity index (χ2v) is 5.15. The molecule has 0 aromatic carbocycles. The van der Waals surface area contributed by atoms with Gasteiger partial charge in [0.2, 0.25) is 0 Å². The minimum Gasteiger partial charge on any atom is -0.382 e. The van der Waals surface area contributed by atoms with Crippen molar-refractivity contribution in [3.8, 4) is 6.07 Å². The van der Waals surface area contributed by atoms with E-state index in [0.717, 1.165) is 32.0 Å². The Labute approximate surface area is 92.6 Å². The minimum absolute atomic E-state index is 0.0278. The average Bonchev–Trinajstić information content (AvgIpc) is 2.85. The third-order valence-corrected chi connectivity index (χ3v) is 4.31. The molecule has 3 atom stereocenters. The lowest BCUT2D eigenvalue weighted by Gasteiger charge is -2.30. The van der Waals surface area contributed by atoms with E-state index in [1.165, 1.54) is 25.7 Å². The normalized spacial score (nSPS) is 38.1. The summed E-state index contributed by atoms with van der Waals surface area (Å²) in [6, 6.07) is 2.63. The van der Waals surface area contributed by atoms with E-state index >= 15 is 0 Å². The highest BCUT2D eigenvalue weighted by Gasteiger charge is 2.50. The van der Waals surface area contributed by atoms with Crippen molar-refractivity contribution in [1.29, 1.82) is 5.26 Å². The zero-order valence-corrected chi connectivity index (χ0v) is 9.67. The molecule has 0 amide bonds. The Morgan fingerprint density at radius 2 is 2.33 bits per heavy atom. The molecule has 0 aliphatic heterocycles. The summed E-state index contributed by atoms with van der Waals surface area (Å²) < 4.78 is 5.35. The van der Waals surface area contributed by atoms with Gasteiger partial charge in [-0.2, -0.15) is 5.26 Å². The van der Waals surface area contributed by atoms with E-state index < -0.39 is 0 Å². The molecular formula is C13H21NO. The average molecular weight is 207 g/mol. The summed E-state index contributed by atoms with van der Waals surface area (Å²) in [5.41, 5.74) is 0.0278. The van der Waals surface area contributed by atoms with Crippen molar-refractivity contribution in [2.45, 2.75) is 45.4 Å². The van der Waals surface area contributed by atoms with Crippen LogP contribution in [0.15, 0.2) is 0 Å². The van der Waals surface area contributed by atoms with Crippen LogP contribution in [0.3, 0.4) is 0 Å². The fraction of sp³-hybridized carbons (Fsp3) is 0.923. The number of hydrogen-bond acceptors (Lipinski definition) is 2. The SMILES string of the molecule is CCOCCCC1(C#N)CC2CCC1C2. The number of nitriles is 1.